The average Bonchev–Trinajstić information content (AvgIpc) is 3.11. The summed E-state index contributed by atoms with van der Waals surface area (Å²) in [6.07, 6.45) is -8.94. The van der Waals surface area contributed by atoms with E-state index in [4.69, 9.17) is 37.9 Å². The van der Waals surface area contributed by atoms with E-state index < -0.39 is 73.1 Å². The molecule has 0 spiro atoms. The number of ether oxygens (including phenoxy) is 8. The SMILES string of the molecule is CCS[C@H]1O[C@@H]2COC(c3ccccc3)O[C@H]2[C@H](O)[C@@H]1O[C@H]1O[C@@H]2COC(c3ccccc3)O[C@H]2[C@H](O)[C@@H]1OCc1ccccc1. The van der Waals surface area contributed by atoms with Crippen LogP contribution >= 0.6 is 11.8 Å². The zero-order valence-corrected chi connectivity index (χ0v) is 26.3. The highest BCUT2D eigenvalue weighted by Gasteiger charge is 2.55. The minimum atomic E-state index is -1.11. The molecule has 4 heterocycles. The molecule has 4 aliphatic heterocycles. The van der Waals surface area contributed by atoms with Gasteiger partial charge >= 0.3 is 0 Å². The lowest BCUT2D eigenvalue weighted by molar-refractivity contribution is -0.387. The van der Waals surface area contributed by atoms with Gasteiger partial charge in [-0.1, -0.05) is 97.9 Å². The van der Waals surface area contributed by atoms with Crippen molar-refractivity contribution in [2.75, 3.05) is 19.0 Å². The van der Waals surface area contributed by atoms with Gasteiger partial charge in [0.15, 0.2) is 18.9 Å². The molecule has 3 aromatic rings. The van der Waals surface area contributed by atoms with Gasteiger partial charge < -0.3 is 48.1 Å². The van der Waals surface area contributed by atoms with Gasteiger partial charge in [0.2, 0.25) is 0 Å². The first-order valence-corrected chi connectivity index (χ1v) is 16.9. The summed E-state index contributed by atoms with van der Waals surface area (Å²) in [6, 6.07) is 28.9. The van der Waals surface area contributed by atoms with Crippen molar-refractivity contribution in [1.82, 2.24) is 0 Å². The van der Waals surface area contributed by atoms with E-state index in [1.807, 2.05) is 97.9 Å². The number of aliphatic hydroxyl groups is 2. The van der Waals surface area contributed by atoms with Gasteiger partial charge in [0.1, 0.15) is 54.3 Å². The Morgan fingerprint density at radius 1 is 0.674 bits per heavy atom. The second kappa shape index (κ2) is 14.8. The van der Waals surface area contributed by atoms with Crippen molar-refractivity contribution in [3.05, 3.63) is 108 Å². The zero-order valence-electron chi connectivity index (χ0n) is 25.5. The molecule has 0 aliphatic carbocycles. The normalized spacial score (nSPS) is 37.6. The third-order valence-corrected chi connectivity index (χ3v) is 9.71. The van der Waals surface area contributed by atoms with Crippen molar-refractivity contribution in [2.45, 2.75) is 86.7 Å². The van der Waals surface area contributed by atoms with Crippen LogP contribution in [0.2, 0.25) is 0 Å². The van der Waals surface area contributed by atoms with E-state index in [1.54, 1.807) is 0 Å². The molecule has 0 aromatic heterocycles. The highest BCUT2D eigenvalue weighted by molar-refractivity contribution is 7.99. The second-order valence-corrected chi connectivity index (χ2v) is 13.1. The number of hydrogen-bond donors (Lipinski definition) is 2. The van der Waals surface area contributed by atoms with Crippen LogP contribution in [0.25, 0.3) is 0 Å². The lowest BCUT2D eigenvalue weighted by Crippen LogP contribution is -2.66. The van der Waals surface area contributed by atoms with Crippen LogP contribution in [0.1, 0.15) is 36.2 Å². The second-order valence-electron chi connectivity index (χ2n) is 11.7. The van der Waals surface area contributed by atoms with Crippen LogP contribution in [0.3, 0.4) is 0 Å². The topological polar surface area (TPSA) is 114 Å². The standard InChI is InChI=1S/C35H40O10S/c1-2-46-35-31(27(37)29-25(42-35)20-40-33(44-29)23-16-10-5-11-17-23)45-34-30(38-18-21-12-6-3-7-13-21)26(36)28-24(41-34)19-39-32(43-28)22-14-8-4-9-15-22/h3-17,24-37H,2,18-20H2,1H3/t24-,25-,26+,27+,28-,29-,30+,31+,32?,33?,34-,35-/m1/s1. The van der Waals surface area contributed by atoms with E-state index >= 15 is 0 Å². The fourth-order valence-corrected chi connectivity index (χ4v) is 7.31. The van der Waals surface area contributed by atoms with Crippen LogP contribution in [-0.4, -0.2) is 89.7 Å². The van der Waals surface area contributed by atoms with Gasteiger partial charge in [-0.2, -0.15) is 0 Å². The summed E-state index contributed by atoms with van der Waals surface area (Å²) in [5.41, 5.74) is 2.07. The van der Waals surface area contributed by atoms with Crippen molar-refractivity contribution >= 4 is 11.8 Å². The summed E-state index contributed by atoms with van der Waals surface area (Å²) in [7, 11) is 0. The first kappa shape index (κ1) is 32.2. The summed E-state index contributed by atoms with van der Waals surface area (Å²) >= 11 is 1.51. The molecule has 2 unspecified atom stereocenters. The van der Waals surface area contributed by atoms with E-state index in [-0.39, 0.29) is 19.8 Å². The van der Waals surface area contributed by atoms with Gasteiger partial charge in [-0.05, 0) is 11.3 Å². The summed E-state index contributed by atoms with van der Waals surface area (Å²) in [5.74, 6) is 0.721. The fourth-order valence-electron chi connectivity index (χ4n) is 6.34. The molecule has 7 rings (SSSR count). The van der Waals surface area contributed by atoms with Crippen molar-refractivity contribution in [1.29, 1.82) is 0 Å². The van der Waals surface area contributed by atoms with Gasteiger partial charge in [0.25, 0.3) is 0 Å². The molecular weight excluding hydrogens is 612 g/mol. The Morgan fingerprint density at radius 2 is 1.20 bits per heavy atom. The molecule has 0 bridgehead atoms. The van der Waals surface area contributed by atoms with Crippen molar-refractivity contribution in [3.8, 4) is 0 Å². The molecule has 3 aromatic carbocycles. The predicted molar refractivity (Wildman–Crippen MR) is 167 cm³/mol. The number of hydrogen-bond acceptors (Lipinski definition) is 11. The average molecular weight is 653 g/mol. The lowest BCUT2D eigenvalue weighted by Gasteiger charge is -2.51. The van der Waals surface area contributed by atoms with Gasteiger partial charge in [-0.25, -0.2) is 0 Å². The quantitative estimate of drug-likeness (QED) is 0.348. The van der Waals surface area contributed by atoms with Gasteiger partial charge in [-0.3, -0.25) is 0 Å². The molecule has 4 saturated heterocycles. The number of rotatable bonds is 9. The highest BCUT2D eigenvalue weighted by Crippen LogP contribution is 2.41. The van der Waals surface area contributed by atoms with Gasteiger partial charge in [-0.15, -0.1) is 11.8 Å². The minimum Gasteiger partial charge on any atom is -0.387 e. The maximum atomic E-state index is 11.8. The lowest BCUT2D eigenvalue weighted by atomic mass is 9.96. The first-order valence-electron chi connectivity index (χ1n) is 15.8. The molecule has 246 valence electrons. The zero-order chi connectivity index (χ0) is 31.5. The molecule has 12 atom stereocenters. The number of benzene rings is 3. The third kappa shape index (κ3) is 6.92. The van der Waals surface area contributed by atoms with Crippen LogP contribution in [0.4, 0.5) is 0 Å². The minimum absolute atomic E-state index is 0.174. The Morgan fingerprint density at radius 3 is 1.76 bits per heavy atom. The van der Waals surface area contributed by atoms with Crippen molar-refractivity contribution in [3.63, 3.8) is 0 Å². The Bertz CT molecular complexity index is 1370. The van der Waals surface area contributed by atoms with Crippen LogP contribution in [-0.2, 0) is 44.5 Å². The Balaban J connectivity index is 1.12. The molecule has 46 heavy (non-hydrogen) atoms. The molecular formula is C35H40O10S. The molecule has 11 heteroatoms. The summed E-state index contributed by atoms with van der Waals surface area (Å²) in [4.78, 5) is 0. The molecule has 0 saturated carbocycles. The number of thioether (sulfide) groups is 1. The summed E-state index contributed by atoms with van der Waals surface area (Å²) < 4.78 is 50.4. The van der Waals surface area contributed by atoms with Gasteiger partial charge in [0.05, 0.1) is 19.8 Å². The Labute approximate surface area is 272 Å². The molecule has 0 amide bonds. The van der Waals surface area contributed by atoms with Gasteiger partial charge in [0, 0.05) is 11.1 Å². The molecule has 10 nitrogen and oxygen atoms in total. The predicted octanol–water partition coefficient (Wildman–Crippen LogP) is 4.11. The molecule has 4 aliphatic rings. The van der Waals surface area contributed by atoms with Crippen LogP contribution < -0.4 is 0 Å². The largest absolute Gasteiger partial charge is 0.387 e. The molecule has 4 fully saturated rings. The Hall–Kier alpha value is -2.39. The maximum Gasteiger partial charge on any atom is 0.187 e. The number of aliphatic hydroxyl groups excluding tert-OH is 2. The monoisotopic (exact) mass is 652 g/mol. The van der Waals surface area contributed by atoms with Crippen LogP contribution in [0, 0.1) is 0 Å². The smallest absolute Gasteiger partial charge is 0.187 e. The van der Waals surface area contributed by atoms with E-state index in [2.05, 4.69) is 0 Å². The molecule has 0 radical (unpaired) electrons. The fraction of sp³-hybridized carbons (Fsp3) is 0.486. The van der Waals surface area contributed by atoms with Crippen LogP contribution in [0.15, 0.2) is 91.0 Å². The maximum absolute atomic E-state index is 11.8. The Kier molecular flexibility index (Phi) is 10.3. The summed E-state index contributed by atoms with van der Waals surface area (Å²) in [5, 5.41) is 23.6. The van der Waals surface area contributed by atoms with Crippen molar-refractivity contribution < 1.29 is 48.1 Å². The molecule has 2 N–H and O–H groups in total. The first-order chi connectivity index (χ1) is 22.6. The third-order valence-electron chi connectivity index (χ3n) is 8.67. The van der Waals surface area contributed by atoms with Crippen molar-refractivity contribution in [2.24, 2.45) is 0 Å². The summed E-state index contributed by atoms with van der Waals surface area (Å²) in [6.45, 7) is 2.66. The van der Waals surface area contributed by atoms with E-state index in [9.17, 15) is 10.2 Å². The van der Waals surface area contributed by atoms with E-state index in [0.29, 0.717) is 0 Å². The van der Waals surface area contributed by atoms with Crippen LogP contribution in [0.5, 0.6) is 0 Å². The number of fused-ring (bicyclic) bond motifs is 2. The van der Waals surface area contributed by atoms with E-state index in [0.717, 1.165) is 22.4 Å². The highest BCUT2D eigenvalue weighted by atomic mass is 32.2. The van der Waals surface area contributed by atoms with E-state index in [1.165, 1.54) is 11.8 Å².